The van der Waals surface area contributed by atoms with Crippen molar-refractivity contribution in [1.82, 2.24) is 20.2 Å². The Morgan fingerprint density at radius 3 is 2.65 bits per heavy atom. The fraction of sp³-hybridized carbons (Fsp3) is 0.615. The smallest absolute Gasteiger partial charge is 0.321 e. The van der Waals surface area contributed by atoms with E-state index in [1.165, 1.54) is 18.8 Å². The molecule has 0 radical (unpaired) electrons. The lowest BCUT2D eigenvalue weighted by molar-refractivity contribution is -0.117. The first-order valence-electron chi connectivity index (χ1n) is 6.67. The maximum Gasteiger partial charge on any atom is 0.321 e. The number of nitrogens with one attached hydrogen (secondary N) is 2. The molecule has 0 saturated carbocycles. The molecule has 3 amide bonds. The van der Waals surface area contributed by atoms with Crippen LogP contribution in [0, 0.1) is 13.8 Å². The lowest BCUT2D eigenvalue weighted by Crippen LogP contribution is -2.38. The largest absolute Gasteiger partial charge is 0.341 e. The number of aromatic nitrogens is 2. The third-order valence-electron chi connectivity index (χ3n) is 2.97. The maximum absolute atomic E-state index is 11.6. The zero-order valence-electron chi connectivity index (χ0n) is 12.4. The molecule has 0 atom stereocenters. The first-order valence-corrected chi connectivity index (χ1v) is 7.66. The van der Waals surface area contributed by atoms with E-state index in [0.717, 1.165) is 35.9 Å². The van der Waals surface area contributed by atoms with E-state index >= 15 is 0 Å². The van der Waals surface area contributed by atoms with E-state index in [1.807, 2.05) is 13.8 Å². The summed E-state index contributed by atoms with van der Waals surface area (Å²) in [5.41, 5.74) is 2.11. The van der Waals surface area contributed by atoms with Crippen LogP contribution in [0.2, 0.25) is 0 Å². The minimum atomic E-state index is -0.489. The van der Waals surface area contributed by atoms with Gasteiger partial charge >= 0.3 is 6.03 Å². The number of thioether (sulfide) groups is 1. The number of imide groups is 1. The summed E-state index contributed by atoms with van der Waals surface area (Å²) in [7, 11) is 1.47. The van der Waals surface area contributed by atoms with Crippen LogP contribution in [-0.4, -0.2) is 34.3 Å². The number of hydrogen-bond donors (Lipinski definition) is 2. The predicted molar refractivity (Wildman–Crippen MR) is 79.9 cm³/mol. The first-order chi connectivity index (χ1) is 9.49. The van der Waals surface area contributed by atoms with Gasteiger partial charge < -0.3 is 9.88 Å². The lowest BCUT2D eigenvalue weighted by atomic mass is 10.3. The molecular formula is C13H22N4O2S. The monoisotopic (exact) mass is 298 g/mol. The van der Waals surface area contributed by atoms with Gasteiger partial charge in [0.1, 0.15) is 0 Å². The number of hydrogen-bond acceptors (Lipinski definition) is 4. The Hall–Kier alpha value is -1.50. The van der Waals surface area contributed by atoms with Crippen LogP contribution in [0.3, 0.4) is 0 Å². The van der Waals surface area contributed by atoms with Gasteiger partial charge in [0.05, 0.1) is 11.4 Å². The van der Waals surface area contributed by atoms with E-state index in [2.05, 4.69) is 27.1 Å². The van der Waals surface area contributed by atoms with Crippen LogP contribution in [0.15, 0.2) is 5.16 Å². The molecule has 2 N–H and O–H groups in total. The molecule has 1 aromatic rings. The van der Waals surface area contributed by atoms with Crippen molar-refractivity contribution in [2.24, 2.45) is 0 Å². The normalized spacial score (nSPS) is 10.4. The highest BCUT2D eigenvalue weighted by molar-refractivity contribution is 7.99. The molecule has 6 nitrogen and oxygen atoms in total. The summed E-state index contributed by atoms with van der Waals surface area (Å²) in [4.78, 5) is 27.1. The van der Waals surface area contributed by atoms with Gasteiger partial charge in [-0.3, -0.25) is 10.1 Å². The van der Waals surface area contributed by atoms with Crippen LogP contribution < -0.4 is 10.6 Å². The van der Waals surface area contributed by atoms with Gasteiger partial charge in [-0.15, -0.1) is 0 Å². The Morgan fingerprint density at radius 1 is 1.35 bits per heavy atom. The van der Waals surface area contributed by atoms with E-state index < -0.39 is 6.03 Å². The molecule has 0 aromatic carbocycles. The molecular weight excluding hydrogens is 276 g/mol. The maximum atomic E-state index is 11.6. The molecule has 0 bridgehead atoms. The highest BCUT2D eigenvalue weighted by atomic mass is 32.2. The molecule has 0 saturated heterocycles. The Bertz CT molecular complexity index is 485. The van der Waals surface area contributed by atoms with E-state index in [1.54, 1.807) is 0 Å². The molecule has 1 aromatic heterocycles. The fourth-order valence-electron chi connectivity index (χ4n) is 1.67. The predicted octanol–water partition coefficient (Wildman–Crippen LogP) is 1.85. The number of amides is 3. The van der Waals surface area contributed by atoms with Crippen molar-refractivity contribution in [3.05, 3.63) is 11.4 Å². The van der Waals surface area contributed by atoms with Gasteiger partial charge in [-0.05, 0) is 20.3 Å². The number of urea groups is 1. The molecule has 0 spiro atoms. The van der Waals surface area contributed by atoms with Crippen LogP contribution in [-0.2, 0) is 11.3 Å². The summed E-state index contributed by atoms with van der Waals surface area (Å²) in [6, 6.07) is -0.489. The van der Waals surface area contributed by atoms with E-state index in [-0.39, 0.29) is 11.7 Å². The third-order valence-corrected chi connectivity index (χ3v) is 3.95. The van der Waals surface area contributed by atoms with Gasteiger partial charge in [0, 0.05) is 19.3 Å². The molecule has 0 aliphatic carbocycles. The van der Waals surface area contributed by atoms with Crippen LogP contribution in [0.5, 0.6) is 0 Å². The number of unbranched alkanes of at least 4 members (excludes halogenated alkanes) is 1. The Kier molecular flexibility index (Phi) is 6.57. The van der Waals surface area contributed by atoms with Crippen molar-refractivity contribution in [3.8, 4) is 0 Å². The minimum absolute atomic E-state index is 0.176. The average molecular weight is 298 g/mol. The Balaban J connectivity index is 2.65. The Morgan fingerprint density at radius 2 is 2.05 bits per heavy atom. The average Bonchev–Trinajstić information content (AvgIpc) is 2.69. The van der Waals surface area contributed by atoms with Crippen LogP contribution >= 0.6 is 11.8 Å². The van der Waals surface area contributed by atoms with Gasteiger partial charge in [0.25, 0.3) is 0 Å². The molecule has 112 valence electrons. The van der Waals surface area contributed by atoms with E-state index in [9.17, 15) is 9.59 Å². The summed E-state index contributed by atoms with van der Waals surface area (Å²) in [6.45, 7) is 7.05. The number of aryl methyl sites for hydroxylation is 1. The first kappa shape index (κ1) is 16.6. The van der Waals surface area contributed by atoms with Gasteiger partial charge in [0.15, 0.2) is 5.16 Å². The van der Waals surface area contributed by atoms with Gasteiger partial charge in [-0.25, -0.2) is 9.78 Å². The SMILES string of the molecule is CCCCn1c(SCC(=O)NC(=O)NC)nc(C)c1C. The topological polar surface area (TPSA) is 76.0 Å². The van der Waals surface area contributed by atoms with Gasteiger partial charge in [-0.1, -0.05) is 25.1 Å². The quantitative estimate of drug-likeness (QED) is 0.786. The number of imidazole rings is 1. The Labute approximate surface area is 123 Å². The van der Waals surface area contributed by atoms with Gasteiger partial charge in [0.2, 0.25) is 5.91 Å². The number of rotatable bonds is 6. The summed E-state index contributed by atoms with van der Waals surface area (Å²) in [5.74, 6) is -0.148. The second-order valence-electron chi connectivity index (χ2n) is 4.49. The zero-order valence-corrected chi connectivity index (χ0v) is 13.3. The molecule has 1 heterocycles. The van der Waals surface area contributed by atoms with E-state index in [0.29, 0.717) is 0 Å². The van der Waals surface area contributed by atoms with Crippen molar-refractivity contribution < 1.29 is 9.59 Å². The van der Waals surface area contributed by atoms with Crippen LogP contribution in [0.1, 0.15) is 31.2 Å². The second-order valence-corrected chi connectivity index (χ2v) is 5.43. The van der Waals surface area contributed by atoms with Crippen molar-refractivity contribution in [3.63, 3.8) is 0 Å². The highest BCUT2D eigenvalue weighted by Gasteiger charge is 2.13. The van der Waals surface area contributed by atoms with Crippen LogP contribution in [0.4, 0.5) is 4.79 Å². The van der Waals surface area contributed by atoms with E-state index in [4.69, 9.17) is 0 Å². The number of carbonyl (C=O) groups is 2. The highest BCUT2D eigenvalue weighted by Crippen LogP contribution is 2.21. The number of nitrogens with zero attached hydrogens (tertiary/aromatic N) is 2. The van der Waals surface area contributed by atoms with Crippen molar-refractivity contribution in [2.75, 3.05) is 12.8 Å². The summed E-state index contributed by atoms with van der Waals surface area (Å²) < 4.78 is 2.14. The summed E-state index contributed by atoms with van der Waals surface area (Å²) in [6.07, 6.45) is 2.19. The van der Waals surface area contributed by atoms with Crippen molar-refractivity contribution >= 4 is 23.7 Å². The van der Waals surface area contributed by atoms with Crippen molar-refractivity contribution in [2.45, 2.75) is 45.3 Å². The molecule has 0 fully saturated rings. The molecule has 0 unspecified atom stereocenters. The summed E-state index contributed by atoms with van der Waals surface area (Å²) in [5, 5.41) is 5.42. The standard InChI is InChI=1S/C13H22N4O2S/c1-5-6-7-17-10(3)9(2)15-13(17)20-8-11(18)16-12(19)14-4/h5-8H2,1-4H3,(H2,14,16,18,19). The molecule has 1 rings (SSSR count). The number of carbonyl (C=O) groups excluding carboxylic acids is 2. The third kappa shape index (κ3) is 4.56. The zero-order chi connectivity index (χ0) is 15.1. The second kappa shape index (κ2) is 7.94. The van der Waals surface area contributed by atoms with Crippen LogP contribution in [0.25, 0.3) is 0 Å². The van der Waals surface area contributed by atoms with Crippen molar-refractivity contribution in [1.29, 1.82) is 0 Å². The van der Waals surface area contributed by atoms with Gasteiger partial charge in [-0.2, -0.15) is 0 Å². The lowest BCUT2D eigenvalue weighted by Gasteiger charge is -2.09. The molecule has 20 heavy (non-hydrogen) atoms. The molecule has 0 aliphatic rings. The molecule has 0 aliphatic heterocycles. The summed E-state index contributed by atoms with van der Waals surface area (Å²) >= 11 is 1.35. The minimum Gasteiger partial charge on any atom is -0.341 e. The fourth-order valence-corrected chi connectivity index (χ4v) is 2.59. The molecule has 7 heteroatoms.